The highest BCUT2D eigenvalue weighted by atomic mass is 79.9. The van der Waals surface area contributed by atoms with Crippen molar-refractivity contribution in [3.05, 3.63) is 46.5 Å². The molecule has 62 valence electrons. The number of nitro benzene ring substituents is 1. The molecule has 4 heteroatoms. The average Bonchev–Trinajstić information content (AvgIpc) is 2.04. The maximum Gasteiger partial charge on any atom is 0.270 e. The van der Waals surface area contributed by atoms with Crippen LogP contribution in [0.3, 0.4) is 0 Å². The Morgan fingerprint density at radius 2 is 2.25 bits per heavy atom. The lowest BCUT2D eigenvalue weighted by Crippen LogP contribution is -1.87. The highest BCUT2D eigenvalue weighted by Gasteiger charge is 2.05. The number of nitro groups is 1. The summed E-state index contributed by atoms with van der Waals surface area (Å²) in [5, 5.41) is 10.3. The molecule has 0 aliphatic carbocycles. The predicted octanol–water partition coefficient (Wildman–Crippen LogP) is 2.96. The zero-order valence-corrected chi connectivity index (χ0v) is 7.74. The molecule has 0 amide bonds. The summed E-state index contributed by atoms with van der Waals surface area (Å²) in [5.41, 5.74) is 0.803. The Balaban J connectivity index is 3.12. The molecule has 0 bridgehead atoms. The molecule has 0 saturated carbocycles. The average molecular weight is 228 g/mol. The monoisotopic (exact) mass is 227 g/mol. The Morgan fingerprint density at radius 1 is 1.58 bits per heavy atom. The number of nitrogens with zero attached hydrogens (tertiary/aromatic N) is 1. The van der Waals surface area contributed by atoms with Crippen LogP contribution in [0.1, 0.15) is 5.56 Å². The van der Waals surface area contributed by atoms with E-state index in [9.17, 15) is 10.1 Å². The molecule has 12 heavy (non-hydrogen) atoms. The molecule has 1 aromatic rings. The van der Waals surface area contributed by atoms with Gasteiger partial charge in [0.05, 0.1) is 4.92 Å². The first-order valence-electron chi connectivity index (χ1n) is 3.20. The molecule has 0 aliphatic rings. The van der Waals surface area contributed by atoms with Gasteiger partial charge < -0.3 is 0 Å². The summed E-state index contributed by atoms with van der Waals surface area (Å²) in [6.07, 6.45) is 0. The number of non-ortho nitro benzene ring substituents is 1. The fraction of sp³-hybridized carbons (Fsp3) is 0. The lowest BCUT2D eigenvalue weighted by molar-refractivity contribution is -0.384. The molecule has 0 N–H and O–H groups in total. The Labute approximate surface area is 78.0 Å². The van der Waals surface area contributed by atoms with Gasteiger partial charge in [-0.15, -0.1) is 0 Å². The van der Waals surface area contributed by atoms with Gasteiger partial charge in [-0.05, 0) is 5.56 Å². The fourth-order valence-electron chi connectivity index (χ4n) is 0.788. The van der Waals surface area contributed by atoms with E-state index in [2.05, 4.69) is 22.5 Å². The molecule has 0 radical (unpaired) electrons. The van der Waals surface area contributed by atoms with Crippen molar-refractivity contribution < 1.29 is 4.92 Å². The van der Waals surface area contributed by atoms with E-state index < -0.39 is 4.92 Å². The molecule has 0 heterocycles. The number of hydrogen-bond acceptors (Lipinski definition) is 2. The molecule has 0 spiro atoms. The van der Waals surface area contributed by atoms with Gasteiger partial charge >= 0.3 is 0 Å². The van der Waals surface area contributed by atoms with Gasteiger partial charge in [-0.25, -0.2) is 0 Å². The topological polar surface area (TPSA) is 43.1 Å². The first-order chi connectivity index (χ1) is 5.61. The van der Waals surface area contributed by atoms with E-state index in [1.165, 1.54) is 12.1 Å². The molecular formula is C8H6BrNO2. The smallest absolute Gasteiger partial charge is 0.258 e. The molecule has 0 aliphatic heterocycles. The maximum absolute atomic E-state index is 10.3. The second-order valence-corrected chi connectivity index (χ2v) is 3.17. The molecule has 0 fully saturated rings. The zero-order chi connectivity index (χ0) is 9.14. The third-order valence-corrected chi connectivity index (χ3v) is 1.83. The van der Waals surface area contributed by atoms with Crippen LogP contribution < -0.4 is 0 Å². The lowest BCUT2D eigenvalue weighted by atomic mass is 10.2. The Bertz CT molecular complexity index is 306. The Kier molecular flexibility index (Phi) is 2.60. The minimum absolute atomic E-state index is 0.0769. The van der Waals surface area contributed by atoms with Crippen LogP contribution in [0, 0.1) is 10.1 Å². The second-order valence-electron chi connectivity index (χ2n) is 2.21. The van der Waals surface area contributed by atoms with Crippen molar-refractivity contribution in [2.75, 3.05) is 0 Å². The van der Waals surface area contributed by atoms with Gasteiger partial charge in [0, 0.05) is 16.6 Å². The number of hydrogen-bond donors (Lipinski definition) is 0. The molecule has 3 nitrogen and oxygen atoms in total. The minimum Gasteiger partial charge on any atom is -0.258 e. The largest absolute Gasteiger partial charge is 0.270 e. The Morgan fingerprint density at radius 3 is 2.75 bits per heavy atom. The van der Waals surface area contributed by atoms with Gasteiger partial charge in [0.1, 0.15) is 0 Å². The summed E-state index contributed by atoms with van der Waals surface area (Å²) in [6, 6.07) is 6.29. The maximum atomic E-state index is 10.3. The van der Waals surface area contributed by atoms with Gasteiger partial charge in [0.25, 0.3) is 5.69 Å². The van der Waals surface area contributed by atoms with Gasteiger partial charge in [-0.1, -0.05) is 34.6 Å². The molecule has 0 atom stereocenters. The van der Waals surface area contributed by atoms with E-state index in [1.807, 2.05) is 0 Å². The molecule has 1 rings (SSSR count). The number of rotatable bonds is 2. The van der Waals surface area contributed by atoms with Crippen LogP contribution in [0.15, 0.2) is 30.8 Å². The third-order valence-electron chi connectivity index (χ3n) is 1.37. The first kappa shape index (κ1) is 8.93. The standard InChI is InChI=1S/C8H6BrNO2/c1-6(9)7-3-2-4-8(5-7)10(11)12/h2-5H,1H2. The fourth-order valence-corrected chi connectivity index (χ4v) is 1.03. The summed E-state index contributed by atoms with van der Waals surface area (Å²) in [4.78, 5) is 9.91. The Hall–Kier alpha value is -1.16. The first-order valence-corrected chi connectivity index (χ1v) is 4.00. The molecular weight excluding hydrogens is 222 g/mol. The van der Waals surface area contributed by atoms with Crippen molar-refractivity contribution in [2.45, 2.75) is 0 Å². The van der Waals surface area contributed by atoms with Crippen LogP contribution in [0.2, 0.25) is 0 Å². The van der Waals surface area contributed by atoms with Crippen molar-refractivity contribution in [1.29, 1.82) is 0 Å². The highest BCUT2D eigenvalue weighted by Crippen LogP contribution is 2.22. The van der Waals surface area contributed by atoms with Crippen LogP contribution in [0.25, 0.3) is 4.48 Å². The summed E-state index contributed by atoms with van der Waals surface area (Å²) >= 11 is 3.15. The predicted molar refractivity (Wildman–Crippen MR) is 51.1 cm³/mol. The van der Waals surface area contributed by atoms with Crippen LogP contribution in [0.5, 0.6) is 0 Å². The van der Waals surface area contributed by atoms with Gasteiger partial charge in [-0.2, -0.15) is 0 Å². The normalized spacial score (nSPS) is 9.42. The summed E-state index contributed by atoms with van der Waals surface area (Å²) in [6.45, 7) is 3.62. The van der Waals surface area contributed by atoms with Crippen molar-refractivity contribution in [3.63, 3.8) is 0 Å². The highest BCUT2D eigenvalue weighted by molar-refractivity contribution is 9.15. The molecule has 0 unspecified atom stereocenters. The summed E-state index contributed by atoms with van der Waals surface area (Å²) in [5.74, 6) is 0. The van der Waals surface area contributed by atoms with E-state index in [1.54, 1.807) is 12.1 Å². The van der Waals surface area contributed by atoms with E-state index in [-0.39, 0.29) is 5.69 Å². The number of benzene rings is 1. The van der Waals surface area contributed by atoms with Crippen LogP contribution >= 0.6 is 15.9 Å². The van der Waals surface area contributed by atoms with Crippen molar-refractivity contribution in [1.82, 2.24) is 0 Å². The van der Waals surface area contributed by atoms with Gasteiger partial charge in [-0.3, -0.25) is 10.1 Å². The van der Waals surface area contributed by atoms with Crippen LogP contribution in [-0.2, 0) is 0 Å². The lowest BCUT2D eigenvalue weighted by Gasteiger charge is -1.96. The SMILES string of the molecule is C=C(Br)c1cccc([N+](=O)[O-])c1. The van der Waals surface area contributed by atoms with Gasteiger partial charge in [0.15, 0.2) is 0 Å². The van der Waals surface area contributed by atoms with E-state index in [0.29, 0.717) is 4.48 Å². The minimum atomic E-state index is -0.431. The zero-order valence-electron chi connectivity index (χ0n) is 6.16. The van der Waals surface area contributed by atoms with Crippen molar-refractivity contribution >= 4 is 26.1 Å². The van der Waals surface area contributed by atoms with Crippen molar-refractivity contribution in [2.24, 2.45) is 0 Å². The van der Waals surface area contributed by atoms with Gasteiger partial charge in [0.2, 0.25) is 0 Å². The summed E-state index contributed by atoms with van der Waals surface area (Å²) in [7, 11) is 0. The van der Waals surface area contributed by atoms with E-state index in [0.717, 1.165) is 5.56 Å². The third kappa shape index (κ3) is 1.92. The van der Waals surface area contributed by atoms with Crippen LogP contribution in [-0.4, -0.2) is 4.92 Å². The molecule has 0 saturated heterocycles. The second kappa shape index (κ2) is 3.49. The van der Waals surface area contributed by atoms with Crippen molar-refractivity contribution in [3.8, 4) is 0 Å². The van der Waals surface area contributed by atoms with E-state index in [4.69, 9.17) is 0 Å². The quantitative estimate of drug-likeness (QED) is 0.576. The number of halogens is 1. The molecule has 0 aromatic heterocycles. The van der Waals surface area contributed by atoms with E-state index >= 15 is 0 Å². The summed E-state index contributed by atoms with van der Waals surface area (Å²) < 4.78 is 0.645. The van der Waals surface area contributed by atoms with Crippen LogP contribution in [0.4, 0.5) is 5.69 Å². The molecule has 1 aromatic carbocycles.